The average Bonchev–Trinajstić information content (AvgIpc) is 2.71. The molecule has 6 heteroatoms. The van der Waals surface area contributed by atoms with E-state index in [-0.39, 0.29) is 11.6 Å². The maximum atomic E-state index is 13.2. The van der Waals surface area contributed by atoms with Crippen LogP contribution in [0.4, 0.5) is 0 Å². The minimum Gasteiger partial charge on any atom is -0.391 e. The second kappa shape index (κ2) is 8.05. The Hall–Kier alpha value is -2.18. The van der Waals surface area contributed by atoms with Crippen LogP contribution in [0.2, 0.25) is 0 Å². The molecular formula is C22H25N3O2S. The predicted molar refractivity (Wildman–Crippen MR) is 113 cm³/mol. The number of thioether (sulfide) groups is 1. The first kappa shape index (κ1) is 19.2. The van der Waals surface area contributed by atoms with E-state index in [1.165, 1.54) is 0 Å². The Labute approximate surface area is 168 Å². The zero-order valence-corrected chi connectivity index (χ0v) is 17.1. The SMILES string of the molecule is CSc1ccc(Cc2cc3c(=O)n(C4CCCCC4O)cnc3cc2C)cn1. The fourth-order valence-electron chi connectivity index (χ4n) is 4.03. The summed E-state index contributed by atoms with van der Waals surface area (Å²) in [5.74, 6) is 0. The van der Waals surface area contributed by atoms with E-state index in [0.717, 1.165) is 53.8 Å². The van der Waals surface area contributed by atoms with Crippen molar-refractivity contribution in [2.45, 2.75) is 56.2 Å². The first-order valence-corrected chi connectivity index (χ1v) is 11.0. The van der Waals surface area contributed by atoms with Gasteiger partial charge in [-0.15, -0.1) is 11.8 Å². The first-order chi connectivity index (χ1) is 13.6. The van der Waals surface area contributed by atoms with Gasteiger partial charge in [-0.05, 0) is 67.3 Å². The molecule has 146 valence electrons. The summed E-state index contributed by atoms with van der Waals surface area (Å²) in [7, 11) is 0. The summed E-state index contributed by atoms with van der Waals surface area (Å²) >= 11 is 1.62. The predicted octanol–water partition coefficient (Wildman–Crippen LogP) is 3.89. The van der Waals surface area contributed by atoms with Crippen molar-refractivity contribution in [1.82, 2.24) is 14.5 Å². The highest BCUT2D eigenvalue weighted by Gasteiger charge is 2.26. The molecular weight excluding hydrogens is 370 g/mol. The van der Waals surface area contributed by atoms with E-state index in [1.807, 2.05) is 30.7 Å². The van der Waals surface area contributed by atoms with Crippen LogP contribution in [0.3, 0.4) is 0 Å². The molecule has 0 radical (unpaired) electrons. The quantitative estimate of drug-likeness (QED) is 0.679. The number of aryl methyl sites for hydroxylation is 1. The van der Waals surface area contributed by atoms with Crippen LogP contribution in [0, 0.1) is 6.92 Å². The largest absolute Gasteiger partial charge is 0.391 e. The highest BCUT2D eigenvalue weighted by molar-refractivity contribution is 7.98. The second-order valence-electron chi connectivity index (χ2n) is 7.56. The molecule has 0 spiro atoms. The zero-order valence-electron chi connectivity index (χ0n) is 16.3. The second-order valence-corrected chi connectivity index (χ2v) is 8.38. The van der Waals surface area contributed by atoms with E-state index in [1.54, 1.807) is 22.7 Å². The Kier molecular flexibility index (Phi) is 5.51. The standard InChI is InChI=1S/C22H25N3O2S/c1-14-9-18-17(11-16(14)10-15-7-8-21(28-2)23-12-15)22(27)25(13-24-18)19-5-3-4-6-20(19)26/h7-9,11-13,19-20,26H,3-6,10H2,1-2H3. The third-order valence-electron chi connectivity index (χ3n) is 5.69. The van der Waals surface area contributed by atoms with E-state index >= 15 is 0 Å². The Balaban J connectivity index is 1.72. The molecule has 1 aromatic carbocycles. The van der Waals surface area contributed by atoms with Gasteiger partial charge < -0.3 is 5.11 Å². The van der Waals surface area contributed by atoms with Gasteiger partial charge >= 0.3 is 0 Å². The van der Waals surface area contributed by atoms with Crippen LogP contribution in [0.25, 0.3) is 10.9 Å². The zero-order chi connectivity index (χ0) is 19.7. The summed E-state index contributed by atoms with van der Waals surface area (Å²) in [6, 6.07) is 7.88. The van der Waals surface area contributed by atoms with Crippen LogP contribution in [-0.2, 0) is 6.42 Å². The summed E-state index contributed by atoms with van der Waals surface area (Å²) in [6.45, 7) is 2.05. The number of aromatic nitrogens is 3. The maximum Gasteiger partial charge on any atom is 0.261 e. The fraction of sp³-hybridized carbons (Fsp3) is 0.409. The number of hydrogen-bond donors (Lipinski definition) is 1. The van der Waals surface area contributed by atoms with Crippen molar-refractivity contribution >= 4 is 22.7 Å². The van der Waals surface area contributed by atoms with Crippen LogP contribution in [0.1, 0.15) is 48.4 Å². The molecule has 1 N–H and O–H groups in total. The third-order valence-corrected chi connectivity index (χ3v) is 6.35. The maximum absolute atomic E-state index is 13.2. The highest BCUT2D eigenvalue weighted by Crippen LogP contribution is 2.28. The molecule has 1 aliphatic carbocycles. The number of aliphatic hydroxyl groups is 1. The van der Waals surface area contributed by atoms with E-state index in [4.69, 9.17) is 0 Å². The lowest BCUT2D eigenvalue weighted by molar-refractivity contribution is 0.0735. The van der Waals surface area contributed by atoms with Crippen molar-refractivity contribution in [2.75, 3.05) is 6.26 Å². The van der Waals surface area contributed by atoms with Gasteiger partial charge in [0.25, 0.3) is 5.56 Å². The van der Waals surface area contributed by atoms with Gasteiger partial charge in [0.1, 0.15) is 0 Å². The number of rotatable bonds is 4. The van der Waals surface area contributed by atoms with Crippen LogP contribution in [-0.4, -0.2) is 32.0 Å². The molecule has 0 saturated heterocycles. The summed E-state index contributed by atoms with van der Waals surface area (Å²) in [4.78, 5) is 22.1. The van der Waals surface area contributed by atoms with Crippen molar-refractivity contribution in [3.63, 3.8) is 0 Å². The summed E-state index contributed by atoms with van der Waals surface area (Å²) in [5.41, 5.74) is 3.99. The molecule has 0 aliphatic heterocycles. The first-order valence-electron chi connectivity index (χ1n) is 9.74. The molecule has 2 aromatic heterocycles. The van der Waals surface area contributed by atoms with E-state index in [9.17, 15) is 9.90 Å². The number of pyridine rings is 1. The number of hydrogen-bond acceptors (Lipinski definition) is 5. The van der Waals surface area contributed by atoms with Crippen LogP contribution < -0.4 is 5.56 Å². The van der Waals surface area contributed by atoms with Gasteiger partial charge in [0.15, 0.2) is 0 Å². The van der Waals surface area contributed by atoms with Crippen molar-refractivity contribution in [3.8, 4) is 0 Å². The Morgan fingerprint density at radius 2 is 2.04 bits per heavy atom. The lowest BCUT2D eigenvalue weighted by Crippen LogP contribution is -2.34. The summed E-state index contributed by atoms with van der Waals surface area (Å²) in [5, 5.41) is 12.0. The molecule has 2 unspecified atom stereocenters. The summed E-state index contributed by atoms with van der Waals surface area (Å²) < 4.78 is 1.64. The molecule has 1 fully saturated rings. The Morgan fingerprint density at radius 1 is 1.21 bits per heavy atom. The fourth-order valence-corrected chi connectivity index (χ4v) is 4.39. The smallest absolute Gasteiger partial charge is 0.261 e. The average molecular weight is 396 g/mol. The number of aliphatic hydroxyl groups excluding tert-OH is 1. The molecule has 1 aliphatic rings. The van der Waals surface area contributed by atoms with E-state index in [0.29, 0.717) is 10.9 Å². The normalized spacial score (nSPS) is 19.8. The molecule has 28 heavy (non-hydrogen) atoms. The molecule has 2 atom stereocenters. The molecule has 3 aromatic rings. The molecule has 4 rings (SSSR count). The van der Waals surface area contributed by atoms with Crippen LogP contribution >= 0.6 is 11.8 Å². The number of fused-ring (bicyclic) bond motifs is 1. The molecule has 2 heterocycles. The monoisotopic (exact) mass is 395 g/mol. The van der Waals surface area contributed by atoms with Crippen LogP contribution in [0.5, 0.6) is 0 Å². The third kappa shape index (κ3) is 3.71. The van der Waals surface area contributed by atoms with Gasteiger partial charge in [-0.2, -0.15) is 0 Å². The topological polar surface area (TPSA) is 68.0 Å². The van der Waals surface area contributed by atoms with E-state index < -0.39 is 6.10 Å². The lowest BCUT2D eigenvalue weighted by Gasteiger charge is -2.29. The van der Waals surface area contributed by atoms with Crippen molar-refractivity contribution in [3.05, 3.63) is 63.8 Å². The molecule has 1 saturated carbocycles. The Morgan fingerprint density at radius 3 is 2.75 bits per heavy atom. The number of benzene rings is 1. The van der Waals surface area contributed by atoms with Crippen molar-refractivity contribution in [2.24, 2.45) is 0 Å². The van der Waals surface area contributed by atoms with E-state index in [2.05, 4.69) is 23.0 Å². The van der Waals surface area contributed by atoms with Gasteiger partial charge in [0, 0.05) is 6.20 Å². The number of nitrogens with zero attached hydrogens (tertiary/aromatic N) is 3. The minimum atomic E-state index is -0.475. The highest BCUT2D eigenvalue weighted by atomic mass is 32.2. The van der Waals surface area contributed by atoms with Crippen molar-refractivity contribution in [1.29, 1.82) is 0 Å². The van der Waals surface area contributed by atoms with Gasteiger partial charge in [-0.3, -0.25) is 9.36 Å². The van der Waals surface area contributed by atoms with Crippen molar-refractivity contribution < 1.29 is 5.11 Å². The molecule has 0 amide bonds. The lowest BCUT2D eigenvalue weighted by atomic mass is 9.92. The molecule has 0 bridgehead atoms. The van der Waals surface area contributed by atoms with Gasteiger partial charge in [-0.25, -0.2) is 9.97 Å². The van der Waals surface area contributed by atoms with Gasteiger partial charge in [0.2, 0.25) is 0 Å². The minimum absolute atomic E-state index is 0.0620. The Bertz CT molecular complexity index is 1050. The van der Waals surface area contributed by atoms with Gasteiger partial charge in [0.05, 0.1) is 34.4 Å². The van der Waals surface area contributed by atoms with Crippen LogP contribution in [0.15, 0.2) is 46.6 Å². The summed E-state index contributed by atoms with van der Waals surface area (Å²) in [6.07, 6.45) is 9.37. The van der Waals surface area contributed by atoms with Gasteiger partial charge in [-0.1, -0.05) is 18.9 Å². The molecule has 5 nitrogen and oxygen atoms in total.